The van der Waals surface area contributed by atoms with E-state index in [1.807, 2.05) is 36.6 Å². The fourth-order valence-corrected chi connectivity index (χ4v) is 3.03. The molecule has 1 atom stereocenters. The minimum atomic E-state index is -2.69. The van der Waals surface area contributed by atoms with Crippen LogP contribution in [0.4, 0.5) is 20.7 Å². The molecule has 0 aliphatic heterocycles. The van der Waals surface area contributed by atoms with E-state index in [-0.39, 0.29) is 17.9 Å². The van der Waals surface area contributed by atoms with Gasteiger partial charge in [-0.25, -0.2) is 9.67 Å². The molecule has 0 radical (unpaired) electrons. The van der Waals surface area contributed by atoms with Gasteiger partial charge in [0.1, 0.15) is 5.82 Å². The number of anilines is 2. The molecule has 0 saturated heterocycles. The molecule has 0 amide bonds. The smallest absolute Gasteiger partial charge is 0.333 e. The number of rotatable bonds is 6. The minimum Gasteiger partial charge on any atom is -0.368 e. The first-order valence-corrected chi connectivity index (χ1v) is 9.00. The van der Waals surface area contributed by atoms with Crippen molar-refractivity contribution in [3.8, 4) is 11.4 Å². The third kappa shape index (κ3) is 3.71. The molecule has 0 saturated carbocycles. The fourth-order valence-electron chi connectivity index (χ4n) is 3.03. The summed E-state index contributed by atoms with van der Waals surface area (Å²) in [6.45, 7) is 1.11. The van der Waals surface area contributed by atoms with Crippen LogP contribution in [0.2, 0.25) is 0 Å². The summed E-state index contributed by atoms with van der Waals surface area (Å²) in [6, 6.07) is 4.96. The Labute approximate surface area is 164 Å². The molecule has 11 heteroatoms. The number of aryl methyl sites for hydroxylation is 1. The Bertz CT molecular complexity index is 1150. The predicted octanol–water partition coefficient (Wildman–Crippen LogP) is 3.23. The highest BCUT2D eigenvalue weighted by Crippen LogP contribution is 2.23. The number of alkyl halides is 2. The molecule has 9 nitrogen and oxygen atoms in total. The van der Waals surface area contributed by atoms with Crippen LogP contribution in [0, 0.1) is 6.92 Å². The van der Waals surface area contributed by atoms with Crippen molar-refractivity contribution < 1.29 is 8.78 Å². The van der Waals surface area contributed by atoms with Gasteiger partial charge in [0.15, 0.2) is 5.82 Å². The first kappa shape index (κ1) is 18.7. The van der Waals surface area contributed by atoms with Crippen molar-refractivity contribution in [2.45, 2.75) is 32.9 Å². The standard InChI is InChI=1S/C18H19F2N9/c1-3-13(14-6-7-29(27-14)16(19)20)23-18-25-15(24-17(21)26-18)11-4-5-12-8-22-10(2)28(12)9-11/h4-9,13,16H,3H2,1-2H3,(H3,21,23,24,25,26)/t13-/m0/s1. The molecule has 0 aromatic carbocycles. The number of hydrogen-bond acceptors (Lipinski definition) is 7. The quantitative estimate of drug-likeness (QED) is 0.512. The summed E-state index contributed by atoms with van der Waals surface area (Å²) in [5, 5.41) is 7.02. The zero-order valence-electron chi connectivity index (χ0n) is 15.8. The van der Waals surface area contributed by atoms with Gasteiger partial charge < -0.3 is 15.5 Å². The Morgan fingerprint density at radius 1 is 1.17 bits per heavy atom. The number of nitrogen functional groups attached to an aromatic ring is 1. The van der Waals surface area contributed by atoms with Crippen molar-refractivity contribution in [1.82, 2.24) is 34.1 Å². The van der Waals surface area contributed by atoms with Crippen molar-refractivity contribution in [3.63, 3.8) is 0 Å². The Morgan fingerprint density at radius 3 is 2.72 bits per heavy atom. The molecule has 4 aromatic rings. The topological polar surface area (TPSA) is 112 Å². The van der Waals surface area contributed by atoms with E-state index in [0.717, 1.165) is 16.9 Å². The summed E-state index contributed by atoms with van der Waals surface area (Å²) in [7, 11) is 0. The summed E-state index contributed by atoms with van der Waals surface area (Å²) >= 11 is 0. The second kappa shape index (κ2) is 7.41. The molecular weight excluding hydrogens is 380 g/mol. The highest BCUT2D eigenvalue weighted by atomic mass is 19.3. The molecule has 29 heavy (non-hydrogen) atoms. The fraction of sp³-hybridized carbons (Fsp3) is 0.278. The SMILES string of the molecule is CC[C@H](Nc1nc(N)nc(-c2ccc3cnc(C)n3c2)n1)c1ccn(C(F)F)n1. The van der Waals surface area contributed by atoms with Gasteiger partial charge in [-0.1, -0.05) is 6.92 Å². The zero-order valence-corrected chi connectivity index (χ0v) is 15.8. The lowest BCUT2D eigenvalue weighted by molar-refractivity contribution is 0.0560. The number of nitrogens with one attached hydrogen (secondary N) is 1. The van der Waals surface area contributed by atoms with Gasteiger partial charge in [-0.05, 0) is 31.5 Å². The van der Waals surface area contributed by atoms with Crippen LogP contribution < -0.4 is 11.1 Å². The van der Waals surface area contributed by atoms with E-state index in [1.54, 1.807) is 6.20 Å². The molecule has 3 N–H and O–H groups in total. The van der Waals surface area contributed by atoms with Gasteiger partial charge in [-0.15, -0.1) is 0 Å². The Hall–Kier alpha value is -3.63. The molecule has 0 aliphatic carbocycles. The Kier molecular flexibility index (Phi) is 4.79. The van der Waals surface area contributed by atoms with Crippen LogP contribution in [0.25, 0.3) is 16.9 Å². The number of nitrogens with two attached hydrogens (primary N) is 1. The third-order valence-electron chi connectivity index (χ3n) is 4.52. The number of imidazole rings is 1. The van der Waals surface area contributed by atoms with Crippen molar-refractivity contribution in [1.29, 1.82) is 0 Å². The van der Waals surface area contributed by atoms with Crippen LogP contribution in [0.15, 0.2) is 36.8 Å². The number of halogens is 2. The normalized spacial score (nSPS) is 12.6. The van der Waals surface area contributed by atoms with E-state index in [0.29, 0.717) is 22.6 Å². The molecule has 150 valence electrons. The molecule has 0 fully saturated rings. The molecule has 0 bridgehead atoms. The molecule has 0 aliphatic rings. The van der Waals surface area contributed by atoms with Crippen molar-refractivity contribution in [3.05, 3.63) is 48.3 Å². The van der Waals surface area contributed by atoms with Gasteiger partial charge in [0.05, 0.1) is 23.4 Å². The van der Waals surface area contributed by atoms with E-state index in [2.05, 4.69) is 30.4 Å². The van der Waals surface area contributed by atoms with Gasteiger partial charge in [-0.2, -0.15) is 28.8 Å². The lowest BCUT2D eigenvalue weighted by atomic mass is 10.1. The van der Waals surface area contributed by atoms with E-state index >= 15 is 0 Å². The van der Waals surface area contributed by atoms with E-state index < -0.39 is 6.55 Å². The lowest BCUT2D eigenvalue weighted by Gasteiger charge is -2.15. The summed E-state index contributed by atoms with van der Waals surface area (Å²) in [5.41, 5.74) is 8.03. The third-order valence-corrected chi connectivity index (χ3v) is 4.52. The predicted molar refractivity (Wildman–Crippen MR) is 103 cm³/mol. The highest BCUT2D eigenvalue weighted by Gasteiger charge is 2.17. The van der Waals surface area contributed by atoms with Crippen LogP contribution in [-0.4, -0.2) is 34.1 Å². The van der Waals surface area contributed by atoms with E-state index in [1.165, 1.54) is 12.3 Å². The molecular formula is C18H19F2N9. The second-order valence-electron chi connectivity index (χ2n) is 6.46. The number of pyridine rings is 1. The van der Waals surface area contributed by atoms with Crippen LogP contribution >= 0.6 is 0 Å². The lowest BCUT2D eigenvalue weighted by Crippen LogP contribution is -2.15. The maximum absolute atomic E-state index is 12.8. The molecule has 4 aromatic heterocycles. The van der Waals surface area contributed by atoms with Crippen LogP contribution in [0.5, 0.6) is 0 Å². The molecule has 4 rings (SSSR count). The van der Waals surface area contributed by atoms with E-state index in [4.69, 9.17) is 5.73 Å². The van der Waals surface area contributed by atoms with Gasteiger partial charge in [0.2, 0.25) is 11.9 Å². The highest BCUT2D eigenvalue weighted by molar-refractivity contribution is 5.61. The average Bonchev–Trinajstić information content (AvgIpc) is 3.33. The van der Waals surface area contributed by atoms with Crippen molar-refractivity contribution in [2.24, 2.45) is 0 Å². The van der Waals surface area contributed by atoms with Gasteiger partial charge in [0.25, 0.3) is 0 Å². The monoisotopic (exact) mass is 399 g/mol. The largest absolute Gasteiger partial charge is 0.368 e. The minimum absolute atomic E-state index is 0.0490. The van der Waals surface area contributed by atoms with Crippen molar-refractivity contribution in [2.75, 3.05) is 11.1 Å². The Balaban J connectivity index is 1.65. The maximum atomic E-state index is 12.8. The summed E-state index contributed by atoms with van der Waals surface area (Å²) < 4.78 is 28.1. The van der Waals surface area contributed by atoms with Crippen molar-refractivity contribution >= 4 is 17.4 Å². The first-order chi connectivity index (χ1) is 13.9. The molecule has 0 unspecified atom stereocenters. The summed E-state index contributed by atoms with van der Waals surface area (Å²) in [5.74, 6) is 1.52. The van der Waals surface area contributed by atoms with Crippen LogP contribution in [0.1, 0.15) is 37.5 Å². The number of nitrogens with zero attached hydrogens (tertiary/aromatic N) is 7. The first-order valence-electron chi connectivity index (χ1n) is 9.00. The molecule has 4 heterocycles. The molecule has 0 spiro atoms. The summed E-state index contributed by atoms with van der Waals surface area (Å²) in [6.07, 6.45) is 5.47. The number of hydrogen-bond donors (Lipinski definition) is 2. The Morgan fingerprint density at radius 2 is 2.00 bits per heavy atom. The average molecular weight is 399 g/mol. The van der Waals surface area contributed by atoms with Gasteiger partial charge >= 0.3 is 6.55 Å². The van der Waals surface area contributed by atoms with E-state index in [9.17, 15) is 8.78 Å². The van der Waals surface area contributed by atoms with Crippen LogP contribution in [0.3, 0.4) is 0 Å². The zero-order chi connectivity index (χ0) is 20.5. The van der Waals surface area contributed by atoms with Crippen LogP contribution in [-0.2, 0) is 0 Å². The second-order valence-corrected chi connectivity index (χ2v) is 6.46. The summed E-state index contributed by atoms with van der Waals surface area (Å²) in [4.78, 5) is 17.1. The van der Waals surface area contributed by atoms with Gasteiger partial charge in [0, 0.05) is 18.0 Å². The number of aromatic nitrogens is 7. The van der Waals surface area contributed by atoms with Gasteiger partial charge in [-0.3, -0.25) is 0 Å². The number of fused-ring (bicyclic) bond motifs is 1. The maximum Gasteiger partial charge on any atom is 0.333 e.